The topological polar surface area (TPSA) is 64.4 Å². The number of hydrogen-bond donors (Lipinski definition) is 1. The maximum absolute atomic E-state index is 11.9. The number of Topliss-reactive ketones (excluding diaryl/α,β-unsaturated/α-hetero) is 1. The molecule has 0 unspecified atom stereocenters. The van der Waals surface area contributed by atoms with Gasteiger partial charge >= 0.3 is 0 Å². The van der Waals surface area contributed by atoms with Gasteiger partial charge in [-0.05, 0) is 138 Å². The molecule has 39 heavy (non-hydrogen) atoms. The Kier molecular flexibility index (Phi) is 7.41. The SMILES string of the molecule is CC(=O)c1cnn(C[C@@](C)(O)[C@H]2CC[C@H]3[C@@H]4CC[C@@H]5C[C@](C)(O[Si](C)(C)C(C)(C)C)CC[C@@H]5[C@H]4CC[C@@]32C)c1. The Morgan fingerprint density at radius 3 is 2.38 bits per heavy atom. The summed E-state index contributed by atoms with van der Waals surface area (Å²) >= 11 is 0. The molecule has 9 atom stereocenters. The lowest BCUT2D eigenvalue weighted by Crippen LogP contribution is -2.55. The number of aliphatic hydroxyl groups is 1. The van der Waals surface area contributed by atoms with E-state index in [4.69, 9.17) is 4.43 Å². The zero-order valence-electron chi connectivity index (χ0n) is 26.3. The molecule has 1 heterocycles. The van der Waals surface area contributed by atoms with E-state index in [2.05, 4.69) is 52.8 Å². The molecule has 0 spiro atoms. The van der Waals surface area contributed by atoms with Gasteiger partial charge in [0.15, 0.2) is 14.1 Å². The maximum Gasteiger partial charge on any atom is 0.192 e. The van der Waals surface area contributed by atoms with E-state index in [9.17, 15) is 9.90 Å². The molecule has 0 aliphatic heterocycles. The zero-order chi connectivity index (χ0) is 28.6. The van der Waals surface area contributed by atoms with Gasteiger partial charge in [0.25, 0.3) is 0 Å². The van der Waals surface area contributed by atoms with Gasteiger partial charge in [-0.25, -0.2) is 0 Å². The number of carbonyl (C=O) groups is 1. The van der Waals surface area contributed by atoms with E-state index in [0.717, 1.165) is 36.0 Å². The summed E-state index contributed by atoms with van der Waals surface area (Å²) in [5, 5.41) is 16.5. The van der Waals surface area contributed by atoms with Crippen molar-refractivity contribution in [3.63, 3.8) is 0 Å². The minimum atomic E-state index is -1.79. The minimum absolute atomic E-state index is 0.0253. The lowest BCUT2D eigenvalue weighted by Gasteiger charge is -2.59. The minimum Gasteiger partial charge on any atom is -0.412 e. The van der Waals surface area contributed by atoms with Crippen LogP contribution in [0.5, 0.6) is 0 Å². The molecule has 5 rings (SSSR count). The Morgan fingerprint density at radius 2 is 1.74 bits per heavy atom. The summed E-state index contributed by atoms with van der Waals surface area (Å²) in [5.74, 6) is 4.35. The van der Waals surface area contributed by atoms with Gasteiger partial charge in [0.1, 0.15) is 0 Å². The summed E-state index contributed by atoms with van der Waals surface area (Å²) < 4.78 is 8.89. The molecule has 5 nitrogen and oxygen atoms in total. The van der Waals surface area contributed by atoms with Crippen LogP contribution in [-0.2, 0) is 11.0 Å². The van der Waals surface area contributed by atoms with E-state index in [1.807, 2.05) is 6.92 Å². The monoisotopic (exact) mass is 556 g/mol. The summed E-state index contributed by atoms with van der Waals surface area (Å²) in [7, 11) is -1.79. The Hall–Kier alpha value is -0.983. The Morgan fingerprint density at radius 1 is 1.05 bits per heavy atom. The molecule has 1 aromatic rings. The van der Waals surface area contributed by atoms with E-state index < -0.39 is 13.9 Å². The van der Waals surface area contributed by atoms with Crippen molar-refractivity contribution >= 4 is 14.1 Å². The first kappa shape index (κ1) is 29.5. The lowest BCUT2D eigenvalue weighted by molar-refractivity contribution is -0.124. The average Bonchev–Trinajstić information content (AvgIpc) is 3.41. The van der Waals surface area contributed by atoms with Crippen LogP contribution in [0, 0.1) is 40.9 Å². The van der Waals surface area contributed by atoms with Crippen molar-refractivity contribution in [1.82, 2.24) is 9.78 Å². The highest BCUT2D eigenvalue weighted by Crippen LogP contribution is 2.66. The van der Waals surface area contributed by atoms with Crippen LogP contribution in [0.15, 0.2) is 12.4 Å². The second-order valence-corrected chi connectivity index (χ2v) is 21.2. The van der Waals surface area contributed by atoms with Crippen molar-refractivity contribution < 1.29 is 14.3 Å². The summed E-state index contributed by atoms with van der Waals surface area (Å²) in [4.78, 5) is 11.8. The number of carbonyl (C=O) groups excluding carboxylic acids is 1. The van der Waals surface area contributed by atoms with E-state index in [1.54, 1.807) is 24.0 Å². The van der Waals surface area contributed by atoms with E-state index in [0.29, 0.717) is 12.1 Å². The van der Waals surface area contributed by atoms with Crippen LogP contribution in [0.2, 0.25) is 18.1 Å². The van der Waals surface area contributed by atoms with E-state index in [-0.39, 0.29) is 27.8 Å². The van der Waals surface area contributed by atoms with Crippen molar-refractivity contribution in [2.45, 2.75) is 142 Å². The van der Waals surface area contributed by atoms with Crippen LogP contribution in [0.25, 0.3) is 0 Å². The van der Waals surface area contributed by atoms with Crippen molar-refractivity contribution in [1.29, 1.82) is 0 Å². The second-order valence-electron chi connectivity index (χ2n) is 16.5. The van der Waals surface area contributed by atoms with Gasteiger partial charge in [0.05, 0.1) is 29.5 Å². The maximum atomic E-state index is 11.9. The third kappa shape index (κ3) is 5.25. The number of aromatic nitrogens is 2. The second kappa shape index (κ2) is 9.80. The molecule has 0 amide bonds. The number of hydrogen-bond acceptors (Lipinski definition) is 4. The number of rotatable bonds is 6. The number of nitrogens with zero attached hydrogens (tertiary/aromatic N) is 2. The number of ketones is 1. The smallest absolute Gasteiger partial charge is 0.192 e. The summed E-state index contributed by atoms with van der Waals surface area (Å²) in [6, 6.07) is 0. The molecule has 0 saturated heterocycles. The first-order valence-electron chi connectivity index (χ1n) is 15.9. The molecule has 0 aromatic carbocycles. The van der Waals surface area contributed by atoms with Gasteiger partial charge in [-0.15, -0.1) is 0 Å². The first-order chi connectivity index (χ1) is 18.0. The molecular formula is C33H56N2O3Si. The number of fused-ring (bicyclic) bond motifs is 5. The average molecular weight is 557 g/mol. The normalized spacial score (nSPS) is 40.4. The zero-order valence-corrected chi connectivity index (χ0v) is 27.3. The molecule has 4 fully saturated rings. The molecule has 4 aliphatic rings. The highest BCUT2D eigenvalue weighted by molar-refractivity contribution is 6.74. The van der Waals surface area contributed by atoms with Crippen LogP contribution in [0.4, 0.5) is 0 Å². The molecule has 220 valence electrons. The van der Waals surface area contributed by atoms with Gasteiger partial charge in [0, 0.05) is 6.20 Å². The van der Waals surface area contributed by atoms with Gasteiger partial charge < -0.3 is 9.53 Å². The van der Waals surface area contributed by atoms with Crippen molar-refractivity contribution in [3.05, 3.63) is 18.0 Å². The predicted octanol–water partition coefficient (Wildman–Crippen LogP) is 7.89. The van der Waals surface area contributed by atoms with Crippen LogP contribution in [0.3, 0.4) is 0 Å². The summed E-state index contributed by atoms with van der Waals surface area (Å²) in [6.07, 6.45) is 14.9. The van der Waals surface area contributed by atoms with Crippen LogP contribution in [0.1, 0.15) is 117 Å². The molecular weight excluding hydrogens is 500 g/mol. The van der Waals surface area contributed by atoms with Crippen molar-refractivity contribution in [2.75, 3.05) is 0 Å². The third-order valence-electron chi connectivity index (χ3n) is 12.8. The van der Waals surface area contributed by atoms with Gasteiger partial charge in [0.2, 0.25) is 0 Å². The van der Waals surface area contributed by atoms with Crippen molar-refractivity contribution in [3.8, 4) is 0 Å². The van der Waals surface area contributed by atoms with Crippen LogP contribution >= 0.6 is 0 Å². The standard InChI is InChI=1S/C33H56N2O3Si/c1-22(36)24-19-34-35(20-24)21-33(7,37)29-13-12-28-27-11-10-23-18-31(5,38-39(8,9)30(2,3)4)16-14-25(23)26(27)15-17-32(28,29)6/h19-20,23,25-29,37H,10-18,21H2,1-9H3/t23-,25+,26-,27-,28+,29+,31-,32+,33-/m1/s1. The molecule has 4 aliphatic carbocycles. The van der Waals surface area contributed by atoms with Gasteiger partial charge in [-0.3, -0.25) is 9.48 Å². The third-order valence-corrected chi connectivity index (χ3v) is 17.4. The van der Waals surface area contributed by atoms with Crippen LogP contribution in [-0.4, -0.2) is 40.2 Å². The molecule has 0 radical (unpaired) electrons. The van der Waals surface area contributed by atoms with Gasteiger partial charge in [-0.1, -0.05) is 27.7 Å². The Balaban J connectivity index is 1.27. The molecule has 1 N–H and O–H groups in total. The predicted molar refractivity (Wildman–Crippen MR) is 160 cm³/mol. The Labute approximate surface area is 239 Å². The highest BCUT2D eigenvalue weighted by Gasteiger charge is 2.61. The van der Waals surface area contributed by atoms with Crippen LogP contribution < -0.4 is 0 Å². The van der Waals surface area contributed by atoms with Crippen molar-refractivity contribution in [2.24, 2.45) is 40.9 Å². The first-order valence-corrected chi connectivity index (χ1v) is 18.8. The molecule has 4 saturated carbocycles. The quantitative estimate of drug-likeness (QED) is 0.286. The summed E-state index contributed by atoms with van der Waals surface area (Å²) in [6.45, 7) is 20.9. The fourth-order valence-corrected chi connectivity index (χ4v) is 11.7. The Bertz CT molecular complexity index is 1070. The highest BCUT2D eigenvalue weighted by atomic mass is 28.4. The molecule has 1 aromatic heterocycles. The van der Waals surface area contributed by atoms with E-state index >= 15 is 0 Å². The fourth-order valence-electron chi connectivity index (χ4n) is 10.0. The van der Waals surface area contributed by atoms with E-state index in [1.165, 1.54) is 51.4 Å². The largest absolute Gasteiger partial charge is 0.412 e. The molecule has 6 heteroatoms. The fraction of sp³-hybridized carbons (Fsp3) is 0.879. The molecule has 0 bridgehead atoms. The van der Waals surface area contributed by atoms with Gasteiger partial charge in [-0.2, -0.15) is 5.10 Å². The lowest BCUT2D eigenvalue weighted by atomic mass is 9.48. The summed E-state index contributed by atoms with van der Waals surface area (Å²) in [5.41, 5.74) is 0.0211.